The molecule has 1 aromatic heterocycles. The summed E-state index contributed by atoms with van der Waals surface area (Å²) in [5.74, 6) is 1.85. The Kier molecular flexibility index (Phi) is 4.85. The zero-order valence-electron chi connectivity index (χ0n) is 17.5. The van der Waals surface area contributed by atoms with Crippen molar-refractivity contribution >= 4 is 11.9 Å². The van der Waals surface area contributed by atoms with Crippen molar-refractivity contribution in [3.8, 4) is 0 Å². The topological polar surface area (TPSA) is 59.8 Å². The summed E-state index contributed by atoms with van der Waals surface area (Å²) in [6.07, 6.45) is 9.48. The van der Waals surface area contributed by atoms with Crippen LogP contribution < -0.4 is 9.80 Å². The van der Waals surface area contributed by atoms with Crippen LogP contribution in [0.5, 0.6) is 0 Å². The molecule has 4 aliphatic rings. The molecule has 6 heteroatoms. The minimum Gasteiger partial charge on any atom is -0.462 e. The fourth-order valence-corrected chi connectivity index (χ4v) is 6.48. The number of hydrogen-bond acceptors (Lipinski definition) is 5. The SMILES string of the molecule is C=C1CCC[C@]2(C)C[C@H]3OC(=O)[C@H](C[NH+]4CCN(c5ncccn5)CC4)[C@H]3C[C@@H]12. The van der Waals surface area contributed by atoms with Gasteiger partial charge in [-0.15, -0.1) is 0 Å². The van der Waals surface area contributed by atoms with Gasteiger partial charge in [0.05, 0.1) is 32.7 Å². The number of quaternary nitrogens is 1. The molecule has 6 nitrogen and oxygen atoms in total. The fourth-order valence-electron chi connectivity index (χ4n) is 6.48. The molecule has 1 N–H and O–H groups in total. The number of allylic oxidation sites excluding steroid dienone is 1. The second-order valence-corrected chi connectivity index (χ2v) is 9.89. The van der Waals surface area contributed by atoms with E-state index in [1.165, 1.54) is 23.3 Å². The van der Waals surface area contributed by atoms with Gasteiger partial charge >= 0.3 is 5.97 Å². The Morgan fingerprint density at radius 3 is 2.83 bits per heavy atom. The third kappa shape index (κ3) is 3.45. The van der Waals surface area contributed by atoms with Crippen LogP contribution in [-0.4, -0.2) is 54.8 Å². The number of nitrogens with zero attached hydrogens (tertiary/aromatic N) is 3. The summed E-state index contributed by atoms with van der Waals surface area (Å²) in [6, 6.07) is 1.85. The molecule has 0 bridgehead atoms. The van der Waals surface area contributed by atoms with Gasteiger partial charge in [0, 0.05) is 18.3 Å². The second kappa shape index (κ2) is 7.38. The van der Waals surface area contributed by atoms with Gasteiger partial charge in [-0.05, 0) is 49.5 Å². The van der Waals surface area contributed by atoms with Crippen LogP contribution >= 0.6 is 0 Å². The maximum atomic E-state index is 12.8. The lowest BCUT2D eigenvalue weighted by atomic mass is 9.55. The first-order valence-electron chi connectivity index (χ1n) is 11.3. The van der Waals surface area contributed by atoms with Gasteiger partial charge in [-0.2, -0.15) is 0 Å². The maximum absolute atomic E-state index is 12.8. The monoisotopic (exact) mass is 397 g/mol. The van der Waals surface area contributed by atoms with E-state index >= 15 is 0 Å². The Labute approximate surface area is 173 Å². The summed E-state index contributed by atoms with van der Waals surface area (Å²) in [4.78, 5) is 25.3. The van der Waals surface area contributed by atoms with Crippen molar-refractivity contribution in [2.45, 2.75) is 45.1 Å². The summed E-state index contributed by atoms with van der Waals surface area (Å²) >= 11 is 0. The molecular weight excluding hydrogens is 364 g/mol. The van der Waals surface area contributed by atoms with Gasteiger partial charge < -0.3 is 14.5 Å². The van der Waals surface area contributed by atoms with E-state index in [0.29, 0.717) is 11.8 Å². The number of ether oxygens (including phenoxy) is 1. The number of aromatic nitrogens is 2. The van der Waals surface area contributed by atoms with E-state index in [4.69, 9.17) is 4.74 Å². The molecule has 5 rings (SSSR count). The van der Waals surface area contributed by atoms with Crippen LogP contribution in [0.25, 0.3) is 0 Å². The van der Waals surface area contributed by atoms with Gasteiger partial charge in [0.25, 0.3) is 0 Å². The molecule has 0 spiro atoms. The Morgan fingerprint density at radius 1 is 1.31 bits per heavy atom. The van der Waals surface area contributed by atoms with Crippen LogP contribution in [0.1, 0.15) is 39.0 Å². The molecule has 0 radical (unpaired) electrons. The second-order valence-electron chi connectivity index (χ2n) is 9.89. The maximum Gasteiger partial charge on any atom is 0.315 e. The fraction of sp³-hybridized carbons (Fsp3) is 0.696. The molecule has 29 heavy (non-hydrogen) atoms. The van der Waals surface area contributed by atoms with E-state index in [9.17, 15) is 4.79 Å². The Bertz CT molecular complexity index is 776. The number of anilines is 1. The molecular formula is C23H33N4O2+. The number of rotatable bonds is 3. The van der Waals surface area contributed by atoms with Crippen molar-refractivity contribution in [2.24, 2.45) is 23.2 Å². The lowest BCUT2D eigenvalue weighted by Crippen LogP contribution is -3.15. The minimum absolute atomic E-state index is 0.0498. The van der Waals surface area contributed by atoms with Crippen molar-refractivity contribution in [2.75, 3.05) is 37.6 Å². The summed E-state index contributed by atoms with van der Waals surface area (Å²) in [5, 5.41) is 0. The molecule has 0 unspecified atom stereocenters. The minimum atomic E-state index is 0.0498. The van der Waals surface area contributed by atoms with Crippen molar-refractivity contribution in [3.63, 3.8) is 0 Å². The normalized spacial score (nSPS) is 37.8. The largest absolute Gasteiger partial charge is 0.462 e. The third-order valence-electron chi connectivity index (χ3n) is 8.13. The molecule has 3 heterocycles. The highest BCUT2D eigenvalue weighted by atomic mass is 16.6. The lowest BCUT2D eigenvalue weighted by Gasteiger charge is -2.50. The van der Waals surface area contributed by atoms with E-state index in [-0.39, 0.29) is 23.4 Å². The number of esters is 1. The van der Waals surface area contributed by atoms with Crippen LogP contribution in [0, 0.1) is 23.2 Å². The van der Waals surface area contributed by atoms with Gasteiger partial charge in [-0.1, -0.05) is 19.1 Å². The van der Waals surface area contributed by atoms with Crippen molar-refractivity contribution in [3.05, 3.63) is 30.6 Å². The Morgan fingerprint density at radius 2 is 2.07 bits per heavy atom. The smallest absolute Gasteiger partial charge is 0.315 e. The third-order valence-corrected chi connectivity index (χ3v) is 8.13. The van der Waals surface area contributed by atoms with Gasteiger partial charge in [0.15, 0.2) is 0 Å². The average molecular weight is 398 g/mol. The first-order valence-corrected chi connectivity index (χ1v) is 11.3. The number of carbonyl (C=O) groups is 1. The van der Waals surface area contributed by atoms with E-state index in [0.717, 1.165) is 57.9 Å². The summed E-state index contributed by atoms with van der Waals surface area (Å²) in [7, 11) is 0. The zero-order chi connectivity index (χ0) is 20.0. The summed E-state index contributed by atoms with van der Waals surface area (Å²) in [6.45, 7) is 11.6. The van der Waals surface area contributed by atoms with E-state index < -0.39 is 0 Å². The molecule has 5 atom stereocenters. The molecule has 2 aliphatic heterocycles. The molecule has 1 aromatic rings. The zero-order valence-corrected chi connectivity index (χ0v) is 17.5. The predicted molar refractivity (Wildman–Crippen MR) is 110 cm³/mol. The van der Waals surface area contributed by atoms with Gasteiger partial charge in [0.1, 0.15) is 12.0 Å². The predicted octanol–water partition coefficient (Wildman–Crippen LogP) is 1.50. The summed E-state index contributed by atoms with van der Waals surface area (Å²) in [5.41, 5.74) is 1.69. The van der Waals surface area contributed by atoms with Gasteiger partial charge in [-0.25, -0.2) is 9.97 Å². The average Bonchev–Trinajstić information content (AvgIpc) is 3.01. The number of carbonyl (C=O) groups excluding carboxylic acids is 1. The molecule has 156 valence electrons. The van der Waals surface area contributed by atoms with Crippen LogP contribution in [-0.2, 0) is 9.53 Å². The highest BCUT2D eigenvalue weighted by Crippen LogP contribution is 2.56. The van der Waals surface area contributed by atoms with E-state index in [2.05, 4.69) is 28.4 Å². The number of nitrogens with one attached hydrogen (secondary N) is 1. The van der Waals surface area contributed by atoms with Crippen molar-refractivity contribution in [1.29, 1.82) is 0 Å². The van der Waals surface area contributed by atoms with Gasteiger partial charge in [0.2, 0.25) is 5.95 Å². The van der Waals surface area contributed by atoms with Crippen molar-refractivity contribution in [1.82, 2.24) is 9.97 Å². The number of fused-ring (bicyclic) bond motifs is 2. The first-order chi connectivity index (χ1) is 14.0. The van der Waals surface area contributed by atoms with Crippen molar-refractivity contribution < 1.29 is 14.4 Å². The van der Waals surface area contributed by atoms with Crippen LogP contribution in [0.2, 0.25) is 0 Å². The number of piperazine rings is 1. The van der Waals surface area contributed by atoms with Crippen LogP contribution in [0.4, 0.5) is 5.95 Å². The standard InChI is InChI=1S/C23H32N4O2/c1-16-5-3-6-23(2)14-20-17(13-19(16)23)18(21(28)29-20)15-26-9-11-27(12-10-26)22-24-7-4-8-25-22/h4,7-8,17-20H,1,3,5-6,9-15H2,2H3/p+1/t17-,18-,19+,20-,23-/m1/s1. The highest BCUT2D eigenvalue weighted by molar-refractivity contribution is 5.75. The highest BCUT2D eigenvalue weighted by Gasteiger charge is 2.56. The lowest BCUT2D eigenvalue weighted by molar-refractivity contribution is -0.903. The summed E-state index contributed by atoms with van der Waals surface area (Å²) < 4.78 is 5.95. The van der Waals surface area contributed by atoms with E-state index in [1.54, 1.807) is 12.4 Å². The molecule has 4 fully saturated rings. The molecule has 2 aliphatic carbocycles. The Balaban J connectivity index is 1.23. The quantitative estimate of drug-likeness (QED) is 0.619. The molecule has 2 saturated heterocycles. The van der Waals surface area contributed by atoms with E-state index in [1.807, 2.05) is 6.07 Å². The first kappa shape index (κ1) is 19.0. The van der Waals surface area contributed by atoms with Gasteiger partial charge in [-0.3, -0.25) is 4.79 Å². The van der Waals surface area contributed by atoms with Crippen LogP contribution in [0.3, 0.4) is 0 Å². The molecule has 2 saturated carbocycles. The number of hydrogen-bond donors (Lipinski definition) is 1. The Hall–Kier alpha value is -1.95. The van der Waals surface area contributed by atoms with Crippen LogP contribution in [0.15, 0.2) is 30.6 Å². The molecule has 0 amide bonds. The molecule has 0 aromatic carbocycles.